The van der Waals surface area contributed by atoms with Crippen LogP contribution in [0.1, 0.15) is 56.3 Å². The molecule has 4 heterocycles. The topological polar surface area (TPSA) is 110 Å². The molecule has 50 heavy (non-hydrogen) atoms. The second-order valence-electron chi connectivity index (χ2n) is 12.7. The second kappa shape index (κ2) is 13.0. The maximum atomic E-state index is 12.3. The summed E-state index contributed by atoms with van der Waals surface area (Å²) in [6.45, 7) is 1.25. The fourth-order valence-electron chi connectivity index (χ4n) is 7.32. The van der Waals surface area contributed by atoms with E-state index in [1.165, 1.54) is 0 Å². The molecule has 8 nitrogen and oxygen atoms in total. The van der Waals surface area contributed by atoms with Crippen molar-refractivity contribution in [1.29, 1.82) is 0 Å². The number of aryl methyl sites for hydroxylation is 2. The van der Waals surface area contributed by atoms with Crippen molar-refractivity contribution in [2.24, 2.45) is 0 Å². The largest absolute Gasteiger partial charge is 0.477 e. The number of carbonyl (C=O) groups is 2. The van der Waals surface area contributed by atoms with Crippen LogP contribution in [0.15, 0.2) is 121 Å². The lowest BCUT2D eigenvalue weighted by molar-refractivity contribution is 0.0679. The van der Waals surface area contributed by atoms with Gasteiger partial charge in [-0.1, -0.05) is 97.1 Å². The van der Waals surface area contributed by atoms with Crippen molar-refractivity contribution in [1.82, 2.24) is 19.1 Å². The summed E-state index contributed by atoms with van der Waals surface area (Å²) in [5, 5.41) is 23.8. The minimum atomic E-state index is -1.06. The molecule has 0 atom stereocenters. The van der Waals surface area contributed by atoms with Gasteiger partial charge >= 0.3 is 11.9 Å². The number of hydrogen-bond acceptors (Lipinski definition) is 4. The molecule has 0 radical (unpaired) electrons. The first kappa shape index (κ1) is 31.0. The number of nitrogens with zero attached hydrogens (tertiary/aromatic N) is 4. The molecule has 8 rings (SSSR count). The highest BCUT2D eigenvalue weighted by Gasteiger charge is 2.21. The molecule has 0 aliphatic carbocycles. The molecule has 4 aromatic heterocycles. The van der Waals surface area contributed by atoms with E-state index < -0.39 is 11.9 Å². The summed E-state index contributed by atoms with van der Waals surface area (Å²) in [4.78, 5) is 33.9. The van der Waals surface area contributed by atoms with Crippen LogP contribution < -0.4 is 0 Å². The molecule has 0 saturated heterocycles. The Kier molecular flexibility index (Phi) is 8.04. The van der Waals surface area contributed by atoms with Gasteiger partial charge in [-0.25, -0.2) is 19.6 Å². The number of carboxylic acids is 2. The van der Waals surface area contributed by atoms with E-state index in [1.54, 1.807) is 12.1 Å². The van der Waals surface area contributed by atoms with Crippen LogP contribution in [-0.4, -0.2) is 41.3 Å². The van der Waals surface area contributed by atoms with Gasteiger partial charge in [-0.05, 0) is 61.1 Å². The molecule has 0 aliphatic heterocycles. The molecule has 8 heteroatoms. The summed E-state index contributed by atoms with van der Waals surface area (Å²) in [6, 6.07) is 40.0. The number of unbranched alkanes of at least 4 members (excludes halogenated alkanes) is 1. The highest BCUT2D eigenvalue weighted by molar-refractivity contribution is 6.11. The van der Waals surface area contributed by atoms with Gasteiger partial charge in [0.25, 0.3) is 0 Å². The molecule has 246 valence electrons. The van der Waals surface area contributed by atoms with Crippen LogP contribution >= 0.6 is 0 Å². The van der Waals surface area contributed by atoms with E-state index >= 15 is 0 Å². The third-order valence-corrected chi connectivity index (χ3v) is 9.52. The second-order valence-corrected chi connectivity index (χ2v) is 12.7. The summed E-state index contributed by atoms with van der Waals surface area (Å²) in [6.07, 6.45) is 2.52. The Morgan fingerprint density at radius 3 is 1.28 bits per heavy atom. The van der Waals surface area contributed by atoms with Crippen molar-refractivity contribution >= 4 is 55.6 Å². The molecule has 0 bridgehead atoms. The Labute approximate surface area is 287 Å². The summed E-state index contributed by atoms with van der Waals surface area (Å²) in [5.41, 5.74) is 7.75. The van der Waals surface area contributed by atoms with Crippen molar-refractivity contribution in [2.75, 3.05) is 0 Å². The fraction of sp³-hybridized carbons (Fsp3) is 0.143. The Hall–Kier alpha value is -6.28. The lowest BCUT2D eigenvalue weighted by atomic mass is 10.0. The van der Waals surface area contributed by atoms with Crippen LogP contribution in [0.25, 0.3) is 43.6 Å². The predicted molar refractivity (Wildman–Crippen MR) is 196 cm³/mol. The molecule has 0 unspecified atom stereocenters. The van der Waals surface area contributed by atoms with Crippen molar-refractivity contribution in [3.8, 4) is 0 Å². The Morgan fingerprint density at radius 2 is 0.880 bits per heavy atom. The third-order valence-electron chi connectivity index (χ3n) is 9.52. The highest BCUT2D eigenvalue weighted by atomic mass is 16.4. The highest BCUT2D eigenvalue weighted by Crippen LogP contribution is 2.35. The maximum absolute atomic E-state index is 12.3. The van der Waals surface area contributed by atoms with Gasteiger partial charge in [0.05, 0.1) is 22.4 Å². The number of benzene rings is 4. The van der Waals surface area contributed by atoms with E-state index in [2.05, 4.69) is 45.5 Å². The third kappa shape index (κ3) is 5.64. The zero-order valence-corrected chi connectivity index (χ0v) is 27.3. The fourth-order valence-corrected chi connectivity index (χ4v) is 7.32. The zero-order valence-electron chi connectivity index (χ0n) is 27.3. The molecule has 4 aromatic carbocycles. The van der Waals surface area contributed by atoms with Crippen molar-refractivity contribution in [3.05, 3.63) is 155 Å². The number of aromatic nitrogens is 4. The van der Waals surface area contributed by atoms with Gasteiger partial charge in [0.2, 0.25) is 0 Å². The van der Waals surface area contributed by atoms with Gasteiger partial charge in [-0.3, -0.25) is 0 Å². The summed E-state index contributed by atoms with van der Waals surface area (Å²) < 4.78 is 4.49. The number of fused-ring (bicyclic) bond motifs is 6. The van der Waals surface area contributed by atoms with Gasteiger partial charge in [0.1, 0.15) is 11.4 Å². The van der Waals surface area contributed by atoms with Gasteiger partial charge in [-0.15, -0.1) is 0 Å². The molecule has 0 spiro atoms. The van der Waals surface area contributed by atoms with Crippen molar-refractivity contribution in [3.63, 3.8) is 0 Å². The Bertz CT molecular complexity index is 2370. The van der Waals surface area contributed by atoms with E-state index in [0.717, 1.165) is 66.1 Å². The first-order chi connectivity index (χ1) is 24.5. The molecule has 0 amide bonds. The molecule has 2 N–H and O–H groups in total. The smallest absolute Gasteiger partial charge is 0.354 e. The van der Waals surface area contributed by atoms with E-state index in [9.17, 15) is 19.8 Å². The van der Waals surface area contributed by atoms with Gasteiger partial charge in [0.15, 0.2) is 0 Å². The molecule has 8 aromatic rings. The predicted octanol–water partition coefficient (Wildman–Crippen LogP) is 8.75. The summed E-state index contributed by atoms with van der Waals surface area (Å²) in [5.74, 6) is -2.12. The van der Waals surface area contributed by atoms with E-state index in [0.29, 0.717) is 38.8 Å². The summed E-state index contributed by atoms with van der Waals surface area (Å²) >= 11 is 0. The number of rotatable bonds is 11. The SMILES string of the molecule is O=C(O)c1cc2c3ccccc3n(Cc3ccccc3)c2c(CCCCc2nc(C(=O)O)cc3c4ccccc4n(Cc4ccccc4)c23)n1. The van der Waals surface area contributed by atoms with Crippen LogP contribution in [0.4, 0.5) is 0 Å². The van der Waals surface area contributed by atoms with E-state index in [4.69, 9.17) is 9.97 Å². The normalized spacial score (nSPS) is 11.6. The van der Waals surface area contributed by atoms with Crippen LogP contribution in [0.5, 0.6) is 0 Å². The van der Waals surface area contributed by atoms with E-state index in [-0.39, 0.29) is 11.4 Å². The van der Waals surface area contributed by atoms with E-state index in [1.807, 2.05) is 72.8 Å². The van der Waals surface area contributed by atoms with Crippen LogP contribution in [-0.2, 0) is 25.9 Å². The lowest BCUT2D eigenvalue weighted by Gasteiger charge is -2.13. The van der Waals surface area contributed by atoms with Gasteiger partial charge in [-0.2, -0.15) is 0 Å². The number of pyridine rings is 2. The minimum Gasteiger partial charge on any atom is -0.477 e. The van der Waals surface area contributed by atoms with Crippen LogP contribution in [0.3, 0.4) is 0 Å². The first-order valence-corrected chi connectivity index (χ1v) is 16.8. The standard InChI is InChI=1S/C42H34N4O4/c47-41(48)35-23-31-29-17-7-11-21-37(29)45(25-27-13-3-1-4-14-27)39(31)33(43-35)19-9-10-20-34-40-32(24-36(44-34)42(49)50)30-18-8-12-22-38(30)46(40)26-28-15-5-2-6-16-28/h1-8,11-18,21-24H,9-10,19-20,25-26H2,(H,47,48)(H,49,50). The Balaban J connectivity index is 1.17. The first-order valence-electron chi connectivity index (χ1n) is 16.8. The molecular formula is C42H34N4O4. The number of hydrogen-bond donors (Lipinski definition) is 2. The quantitative estimate of drug-likeness (QED) is 0.135. The van der Waals surface area contributed by atoms with Gasteiger partial charge in [0, 0.05) is 45.7 Å². The van der Waals surface area contributed by atoms with Gasteiger partial charge < -0.3 is 19.3 Å². The average molecular weight is 659 g/mol. The summed E-state index contributed by atoms with van der Waals surface area (Å²) in [7, 11) is 0. The lowest BCUT2D eigenvalue weighted by Crippen LogP contribution is -2.08. The number of carboxylic acid groups (broad SMARTS) is 2. The average Bonchev–Trinajstić information content (AvgIpc) is 3.63. The molecule has 0 saturated carbocycles. The number of aromatic carboxylic acids is 2. The Morgan fingerprint density at radius 1 is 0.500 bits per heavy atom. The molecular weight excluding hydrogens is 624 g/mol. The van der Waals surface area contributed by atoms with Crippen molar-refractivity contribution in [2.45, 2.75) is 38.8 Å². The van der Waals surface area contributed by atoms with Crippen LogP contribution in [0, 0.1) is 0 Å². The maximum Gasteiger partial charge on any atom is 0.354 e. The number of para-hydroxylation sites is 2. The van der Waals surface area contributed by atoms with Crippen molar-refractivity contribution < 1.29 is 19.8 Å². The zero-order chi connectivity index (χ0) is 34.2. The minimum absolute atomic E-state index is 0.0260. The molecule has 0 aliphatic rings. The van der Waals surface area contributed by atoms with Crippen LogP contribution in [0.2, 0.25) is 0 Å². The molecule has 0 fully saturated rings. The monoisotopic (exact) mass is 658 g/mol.